The van der Waals surface area contributed by atoms with E-state index in [0.717, 1.165) is 51.3 Å². The van der Waals surface area contributed by atoms with Gasteiger partial charge in [0, 0.05) is 38.9 Å². The van der Waals surface area contributed by atoms with Crippen molar-refractivity contribution in [1.82, 2.24) is 19.6 Å². The van der Waals surface area contributed by atoms with Crippen molar-refractivity contribution >= 4 is 5.91 Å². The zero-order chi connectivity index (χ0) is 17.2. The Bertz CT molecular complexity index is 706. The molecule has 7 nitrogen and oxygen atoms in total. The molecule has 2 aliphatic heterocycles. The van der Waals surface area contributed by atoms with E-state index in [2.05, 4.69) is 10.00 Å². The lowest BCUT2D eigenvalue weighted by Crippen LogP contribution is -2.51. The van der Waals surface area contributed by atoms with Crippen molar-refractivity contribution in [3.8, 4) is 0 Å². The van der Waals surface area contributed by atoms with Gasteiger partial charge in [-0.3, -0.25) is 14.4 Å². The Balaban J connectivity index is 1.57. The van der Waals surface area contributed by atoms with Gasteiger partial charge >= 0.3 is 0 Å². The number of hydrogen-bond acceptors (Lipinski definition) is 5. The molecule has 2 atom stereocenters. The molecule has 4 rings (SSSR count). The van der Waals surface area contributed by atoms with E-state index < -0.39 is 0 Å². The van der Waals surface area contributed by atoms with Gasteiger partial charge in [0.1, 0.15) is 6.26 Å². The summed E-state index contributed by atoms with van der Waals surface area (Å²) in [7, 11) is 1.92. The van der Waals surface area contributed by atoms with Crippen LogP contribution >= 0.6 is 0 Å². The van der Waals surface area contributed by atoms with Crippen molar-refractivity contribution in [2.24, 2.45) is 7.05 Å². The van der Waals surface area contributed by atoms with Crippen LogP contribution in [0.3, 0.4) is 0 Å². The number of carbonyl (C=O) groups excluding carboxylic acids is 1. The molecule has 0 aromatic carbocycles. The van der Waals surface area contributed by atoms with E-state index in [1.165, 1.54) is 6.26 Å². The highest BCUT2D eigenvalue weighted by molar-refractivity contribution is 5.94. The number of aromatic nitrogens is 2. The first-order valence-corrected chi connectivity index (χ1v) is 8.85. The smallest absolute Gasteiger partial charge is 0.257 e. The van der Waals surface area contributed by atoms with Gasteiger partial charge < -0.3 is 14.1 Å². The average Bonchev–Trinajstić information content (AvgIpc) is 3.37. The summed E-state index contributed by atoms with van der Waals surface area (Å²) in [5.41, 5.74) is 1.79. The number of hydrogen-bond donors (Lipinski definition) is 0. The third kappa shape index (κ3) is 3.34. The van der Waals surface area contributed by atoms with Crippen molar-refractivity contribution in [2.75, 3.05) is 32.8 Å². The Morgan fingerprint density at radius 1 is 1.32 bits per heavy atom. The first-order valence-electron chi connectivity index (χ1n) is 8.85. The third-order valence-corrected chi connectivity index (χ3v) is 5.26. The summed E-state index contributed by atoms with van der Waals surface area (Å²) in [6.45, 7) is 4.18. The maximum absolute atomic E-state index is 12.9. The molecule has 0 unspecified atom stereocenters. The van der Waals surface area contributed by atoms with Crippen LogP contribution in [0.5, 0.6) is 0 Å². The first kappa shape index (κ1) is 16.4. The van der Waals surface area contributed by atoms with Gasteiger partial charge in [0.2, 0.25) is 0 Å². The van der Waals surface area contributed by atoms with Gasteiger partial charge in [0.15, 0.2) is 0 Å². The van der Waals surface area contributed by atoms with Crippen LogP contribution in [-0.4, -0.2) is 70.4 Å². The Kier molecular flexibility index (Phi) is 4.59. The molecule has 0 N–H and O–H groups in total. The minimum Gasteiger partial charge on any atom is -0.472 e. The molecule has 1 amide bonds. The molecule has 7 heteroatoms. The zero-order valence-corrected chi connectivity index (χ0v) is 14.5. The van der Waals surface area contributed by atoms with Gasteiger partial charge in [-0.05, 0) is 24.5 Å². The summed E-state index contributed by atoms with van der Waals surface area (Å²) in [6.07, 6.45) is 8.84. The van der Waals surface area contributed by atoms with Crippen LogP contribution < -0.4 is 0 Å². The van der Waals surface area contributed by atoms with Crippen LogP contribution in [-0.2, 0) is 18.2 Å². The minimum atomic E-state index is 0.0541. The number of furan rings is 1. The number of nitrogens with zero attached hydrogens (tertiary/aromatic N) is 4. The molecule has 2 fully saturated rings. The highest BCUT2D eigenvalue weighted by Crippen LogP contribution is 2.28. The molecule has 134 valence electrons. The number of rotatable bonds is 4. The van der Waals surface area contributed by atoms with Crippen molar-refractivity contribution in [3.63, 3.8) is 0 Å². The number of carbonyl (C=O) groups is 1. The van der Waals surface area contributed by atoms with Gasteiger partial charge in [-0.1, -0.05) is 0 Å². The lowest BCUT2D eigenvalue weighted by molar-refractivity contribution is 0.00864. The highest BCUT2D eigenvalue weighted by atomic mass is 16.5. The highest BCUT2D eigenvalue weighted by Gasteiger charge is 2.41. The molecular formula is C18H24N4O3. The maximum Gasteiger partial charge on any atom is 0.257 e. The van der Waals surface area contributed by atoms with Crippen LogP contribution in [0.15, 0.2) is 35.4 Å². The van der Waals surface area contributed by atoms with Crippen LogP contribution in [0.25, 0.3) is 0 Å². The van der Waals surface area contributed by atoms with E-state index in [9.17, 15) is 4.79 Å². The topological polar surface area (TPSA) is 63.7 Å². The fourth-order valence-electron chi connectivity index (χ4n) is 4.04. The summed E-state index contributed by atoms with van der Waals surface area (Å²) in [5.74, 6) is 0.0541. The van der Waals surface area contributed by atoms with Gasteiger partial charge in [0.25, 0.3) is 5.91 Å². The molecule has 2 aromatic heterocycles. The van der Waals surface area contributed by atoms with Gasteiger partial charge in [0.05, 0.1) is 37.3 Å². The Labute approximate surface area is 147 Å². The third-order valence-electron chi connectivity index (χ3n) is 5.26. The molecule has 0 aliphatic carbocycles. The van der Waals surface area contributed by atoms with Crippen LogP contribution in [0.4, 0.5) is 0 Å². The van der Waals surface area contributed by atoms with E-state index in [0.29, 0.717) is 11.6 Å². The molecule has 0 bridgehead atoms. The molecule has 2 aliphatic rings. The molecule has 2 saturated heterocycles. The van der Waals surface area contributed by atoms with Crippen molar-refractivity contribution in [3.05, 3.63) is 42.1 Å². The van der Waals surface area contributed by atoms with E-state index in [-0.39, 0.29) is 11.9 Å². The fraction of sp³-hybridized carbons (Fsp3) is 0.556. The minimum absolute atomic E-state index is 0.0541. The second-order valence-corrected chi connectivity index (χ2v) is 6.81. The second-order valence-electron chi connectivity index (χ2n) is 6.81. The fourth-order valence-corrected chi connectivity index (χ4v) is 4.04. The SMILES string of the molecule is Cn1cc(C[C@H]2[C@H](N3CCOCC3)CCN2C(=O)c2ccoc2)cn1. The predicted octanol–water partition coefficient (Wildman–Crippen LogP) is 1.17. The predicted molar refractivity (Wildman–Crippen MR) is 91.2 cm³/mol. The quantitative estimate of drug-likeness (QED) is 0.833. The first-order chi connectivity index (χ1) is 12.2. The molecule has 0 spiro atoms. The van der Waals surface area contributed by atoms with E-state index in [1.807, 2.05) is 29.0 Å². The average molecular weight is 344 g/mol. The van der Waals surface area contributed by atoms with Crippen molar-refractivity contribution < 1.29 is 13.9 Å². The van der Waals surface area contributed by atoms with E-state index in [1.54, 1.807) is 12.3 Å². The number of amides is 1. The Hall–Kier alpha value is -2.12. The van der Waals surface area contributed by atoms with Gasteiger partial charge in [-0.2, -0.15) is 5.10 Å². The van der Waals surface area contributed by atoms with Crippen LogP contribution in [0, 0.1) is 0 Å². The summed E-state index contributed by atoms with van der Waals surface area (Å²) in [5, 5.41) is 4.28. The maximum atomic E-state index is 12.9. The van der Waals surface area contributed by atoms with Gasteiger partial charge in [-0.15, -0.1) is 0 Å². The summed E-state index contributed by atoms with van der Waals surface area (Å²) in [4.78, 5) is 17.4. The molecule has 0 saturated carbocycles. The van der Waals surface area contributed by atoms with Crippen molar-refractivity contribution in [1.29, 1.82) is 0 Å². The molecular weight excluding hydrogens is 320 g/mol. The molecule has 0 radical (unpaired) electrons. The largest absolute Gasteiger partial charge is 0.472 e. The number of ether oxygens (including phenoxy) is 1. The number of aryl methyl sites for hydroxylation is 1. The monoisotopic (exact) mass is 344 g/mol. The van der Waals surface area contributed by atoms with Crippen molar-refractivity contribution in [2.45, 2.75) is 24.9 Å². The number of likely N-dealkylation sites (tertiary alicyclic amines) is 1. The van der Waals surface area contributed by atoms with E-state index in [4.69, 9.17) is 9.15 Å². The second kappa shape index (κ2) is 7.01. The zero-order valence-electron chi connectivity index (χ0n) is 14.5. The lowest BCUT2D eigenvalue weighted by atomic mass is 10.00. The standard InChI is InChI=1S/C18H24N4O3/c1-20-12-14(11-19-20)10-17-16(21-5-8-24-9-6-21)2-4-22(17)18(23)15-3-7-25-13-15/h3,7,11-13,16-17H,2,4-6,8-10H2,1H3/t16-,17+/m1/s1. The summed E-state index contributed by atoms with van der Waals surface area (Å²) in [6, 6.07) is 2.25. The van der Waals surface area contributed by atoms with Crippen LogP contribution in [0.1, 0.15) is 22.3 Å². The lowest BCUT2D eigenvalue weighted by Gasteiger charge is -2.37. The number of morpholine rings is 1. The summed E-state index contributed by atoms with van der Waals surface area (Å²) < 4.78 is 12.4. The van der Waals surface area contributed by atoms with Crippen LogP contribution in [0.2, 0.25) is 0 Å². The normalized spacial score (nSPS) is 24.8. The molecule has 2 aromatic rings. The Morgan fingerprint density at radius 3 is 2.84 bits per heavy atom. The molecule has 25 heavy (non-hydrogen) atoms. The summed E-state index contributed by atoms with van der Waals surface area (Å²) >= 11 is 0. The van der Waals surface area contributed by atoms with Gasteiger partial charge in [-0.25, -0.2) is 0 Å². The van der Waals surface area contributed by atoms with E-state index >= 15 is 0 Å². The Morgan fingerprint density at radius 2 is 2.16 bits per heavy atom. The molecule has 4 heterocycles.